The zero-order valence-corrected chi connectivity index (χ0v) is 24.5. The van der Waals surface area contributed by atoms with Crippen LogP contribution in [0.4, 0.5) is 0 Å². The Morgan fingerprint density at radius 2 is 1.79 bits per heavy atom. The fraction of sp³-hybridized carbons (Fsp3) is 0.486. The Kier molecular flexibility index (Phi) is 5.23. The van der Waals surface area contributed by atoms with Crippen LogP contribution in [0.5, 0.6) is 0 Å². The predicted molar refractivity (Wildman–Crippen MR) is 156 cm³/mol. The average molecular weight is 568 g/mol. The first-order valence-electron chi connectivity index (χ1n) is 15.1. The molecule has 2 N–H and O–H groups in total. The standard InChI is InChI=1S/C35H37NO6/c1-31(2)30-25(37)18-27-34(41-30,42-31)15-14-32(3)33(4)21(16-23-22-12-8-9-13-24(22)36-29(23)33)17-28(35(27,32)39)40-19-26(38)20-10-6-5-7-11-20/h5-13,18,21,28,30,36,39H,14-17,19H2,1-4H3/t21-,28+,30+,32-,33-,34?,35+/m1/s1. The van der Waals surface area contributed by atoms with Gasteiger partial charge in [0.2, 0.25) is 0 Å². The summed E-state index contributed by atoms with van der Waals surface area (Å²) in [5, 5.41) is 14.6. The van der Waals surface area contributed by atoms with E-state index in [1.54, 1.807) is 18.2 Å². The Balaban J connectivity index is 1.28. The third-order valence-electron chi connectivity index (χ3n) is 11.8. The molecule has 5 aliphatic rings. The van der Waals surface area contributed by atoms with Gasteiger partial charge in [0.1, 0.15) is 17.8 Å². The van der Waals surface area contributed by atoms with Crippen molar-refractivity contribution < 1.29 is 28.9 Å². The minimum atomic E-state index is -1.63. The lowest BCUT2D eigenvalue weighted by Gasteiger charge is -2.67. The maximum Gasteiger partial charge on any atom is 0.195 e. The highest BCUT2D eigenvalue weighted by molar-refractivity contribution is 5.98. The van der Waals surface area contributed by atoms with Gasteiger partial charge < -0.3 is 24.3 Å². The number of Topliss-reactive ketones (excluding diaryl/α,β-unsaturated/α-hetero) is 1. The van der Waals surface area contributed by atoms with Crippen molar-refractivity contribution in [3.05, 3.63) is 83.1 Å². The van der Waals surface area contributed by atoms with Gasteiger partial charge in [0, 0.05) is 45.0 Å². The van der Waals surface area contributed by atoms with E-state index in [9.17, 15) is 14.7 Å². The fourth-order valence-corrected chi connectivity index (χ4v) is 9.47. The van der Waals surface area contributed by atoms with E-state index in [0.717, 1.165) is 17.6 Å². The molecule has 3 heterocycles. The number of benzene rings is 2. The molecule has 3 aromatic rings. The third-order valence-corrected chi connectivity index (χ3v) is 11.8. The Bertz CT molecular complexity index is 1690. The molecular weight excluding hydrogens is 530 g/mol. The average Bonchev–Trinajstić information content (AvgIpc) is 3.56. The Morgan fingerprint density at radius 1 is 1.05 bits per heavy atom. The zero-order chi connectivity index (χ0) is 29.3. The zero-order valence-electron chi connectivity index (χ0n) is 24.5. The van der Waals surface area contributed by atoms with Gasteiger partial charge in [-0.2, -0.15) is 0 Å². The number of nitrogens with one attached hydrogen (secondary N) is 1. The van der Waals surface area contributed by atoms with E-state index in [-0.39, 0.29) is 24.1 Å². The van der Waals surface area contributed by atoms with Crippen molar-refractivity contribution in [3.63, 3.8) is 0 Å². The molecule has 3 aliphatic carbocycles. The molecule has 3 fully saturated rings. The molecule has 1 unspecified atom stereocenters. The van der Waals surface area contributed by atoms with Crippen LogP contribution in [0.15, 0.2) is 66.2 Å². The number of fused-ring (bicyclic) bond motifs is 9. The molecule has 2 aliphatic heterocycles. The normalized spacial score (nSPS) is 39.3. The molecule has 2 bridgehead atoms. The number of aromatic amines is 1. The largest absolute Gasteiger partial charge is 0.382 e. The van der Waals surface area contributed by atoms with Crippen molar-refractivity contribution in [3.8, 4) is 0 Å². The topological polar surface area (TPSA) is 97.9 Å². The van der Waals surface area contributed by atoms with Gasteiger partial charge in [-0.1, -0.05) is 62.4 Å². The Labute approximate surface area is 245 Å². The molecule has 0 radical (unpaired) electrons. The number of rotatable bonds is 4. The number of aromatic nitrogens is 1. The first-order chi connectivity index (χ1) is 19.9. The van der Waals surface area contributed by atoms with Gasteiger partial charge in [0.05, 0.1) is 6.10 Å². The number of carbonyl (C=O) groups excluding carboxylic acids is 2. The smallest absolute Gasteiger partial charge is 0.195 e. The Morgan fingerprint density at radius 3 is 2.57 bits per heavy atom. The number of aliphatic hydroxyl groups is 1. The molecule has 7 atom stereocenters. The lowest BCUT2D eigenvalue weighted by Crippen LogP contribution is -2.74. The van der Waals surface area contributed by atoms with Crippen LogP contribution in [0.2, 0.25) is 0 Å². The summed E-state index contributed by atoms with van der Waals surface area (Å²) in [6.07, 6.45) is 2.58. The summed E-state index contributed by atoms with van der Waals surface area (Å²) in [6, 6.07) is 17.4. The van der Waals surface area contributed by atoms with Gasteiger partial charge in [-0.15, -0.1) is 0 Å². The van der Waals surface area contributed by atoms with Crippen molar-refractivity contribution in [1.29, 1.82) is 0 Å². The summed E-state index contributed by atoms with van der Waals surface area (Å²) >= 11 is 0. The van der Waals surface area contributed by atoms with Gasteiger partial charge in [-0.25, -0.2) is 0 Å². The van der Waals surface area contributed by atoms with Gasteiger partial charge in [0.15, 0.2) is 23.5 Å². The molecule has 2 aromatic carbocycles. The van der Waals surface area contributed by atoms with Crippen LogP contribution in [0.25, 0.3) is 10.9 Å². The lowest BCUT2D eigenvalue weighted by molar-refractivity contribution is -0.279. The summed E-state index contributed by atoms with van der Waals surface area (Å²) in [4.78, 5) is 30.5. The van der Waals surface area contributed by atoms with Crippen LogP contribution < -0.4 is 0 Å². The van der Waals surface area contributed by atoms with Gasteiger partial charge >= 0.3 is 0 Å². The second-order valence-electron chi connectivity index (χ2n) is 14.0. The molecule has 1 spiro atoms. The van der Waals surface area contributed by atoms with Gasteiger partial charge in [-0.05, 0) is 56.7 Å². The fourth-order valence-electron chi connectivity index (χ4n) is 9.47. The van der Waals surface area contributed by atoms with Crippen molar-refractivity contribution >= 4 is 22.5 Å². The number of H-pyrrole nitrogens is 1. The van der Waals surface area contributed by atoms with E-state index in [4.69, 9.17) is 14.2 Å². The summed E-state index contributed by atoms with van der Waals surface area (Å²) in [7, 11) is 0. The molecule has 0 amide bonds. The minimum absolute atomic E-state index is 0.148. The number of ether oxygens (including phenoxy) is 3. The summed E-state index contributed by atoms with van der Waals surface area (Å²) in [5.41, 5.74) is 0.837. The highest BCUT2D eigenvalue weighted by Crippen LogP contribution is 2.72. The molecule has 42 heavy (non-hydrogen) atoms. The second-order valence-corrected chi connectivity index (χ2v) is 14.0. The molecular formula is C35H37NO6. The Hall–Kier alpha value is -3.10. The maximum atomic E-state index is 13.5. The first-order valence-corrected chi connectivity index (χ1v) is 15.1. The highest BCUT2D eigenvalue weighted by atomic mass is 16.8. The van der Waals surface area contributed by atoms with E-state index in [1.807, 2.05) is 38.1 Å². The summed E-state index contributed by atoms with van der Waals surface area (Å²) in [5.74, 6) is -1.41. The van der Waals surface area contributed by atoms with Crippen LogP contribution in [-0.4, -0.2) is 57.5 Å². The highest BCUT2D eigenvalue weighted by Gasteiger charge is 2.78. The van der Waals surface area contributed by atoms with Crippen LogP contribution in [0.1, 0.15) is 68.6 Å². The van der Waals surface area contributed by atoms with Gasteiger partial charge in [0.25, 0.3) is 0 Å². The van der Waals surface area contributed by atoms with E-state index >= 15 is 0 Å². The van der Waals surface area contributed by atoms with Crippen molar-refractivity contribution in [2.45, 2.75) is 88.0 Å². The number of carbonyl (C=O) groups is 2. The number of ketones is 2. The summed E-state index contributed by atoms with van der Waals surface area (Å²) in [6.45, 7) is 7.98. The quantitative estimate of drug-likeness (QED) is 0.421. The molecule has 1 aromatic heterocycles. The van der Waals surface area contributed by atoms with E-state index in [2.05, 4.69) is 37.0 Å². The first kappa shape index (κ1) is 26.5. The van der Waals surface area contributed by atoms with Gasteiger partial charge in [-0.3, -0.25) is 9.59 Å². The molecule has 7 nitrogen and oxygen atoms in total. The number of hydrogen-bond acceptors (Lipinski definition) is 6. The summed E-state index contributed by atoms with van der Waals surface area (Å²) < 4.78 is 19.6. The van der Waals surface area contributed by atoms with E-state index in [0.29, 0.717) is 30.4 Å². The molecule has 1 saturated heterocycles. The van der Waals surface area contributed by atoms with E-state index < -0.39 is 40.0 Å². The lowest BCUT2D eigenvalue weighted by atomic mass is 9.41. The molecule has 7 heteroatoms. The van der Waals surface area contributed by atoms with Crippen molar-refractivity contribution in [2.75, 3.05) is 6.61 Å². The molecule has 8 rings (SSSR count). The van der Waals surface area contributed by atoms with Crippen LogP contribution >= 0.6 is 0 Å². The van der Waals surface area contributed by atoms with E-state index in [1.165, 1.54) is 10.9 Å². The number of hydrogen-bond donors (Lipinski definition) is 2. The monoisotopic (exact) mass is 567 g/mol. The second kappa shape index (κ2) is 8.29. The minimum Gasteiger partial charge on any atom is -0.382 e. The third kappa shape index (κ3) is 3.05. The van der Waals surface area contributed by atoms with Crippen LogP contribution in [0, 0.1) is 11.3 Å². The molecule has 218 valence electrons. The van der Waals surface area contributed by atoms with Crippen LogP contribution in [0.3, 0.4) is 0 Å². The SMILES string of the molecule is CC1(C)OC23CC[C@]4(C)[C@@]5(C)c6[nH]c7ccccc7c6C[C@@H]5C[C@H](OCC(=O)c5ccccc5)[C@@]4(O)C2=CC(=O)[C@@H]1O3. The predicted octanol–water partition coefficient (Wildman–Crippen LogP) is 5.20. The maximum absolute atomic E-state index is 13.5. The van der Waals surface area contributed by atoms with Crippen molar-refractivity contribution in [2.24, 2.45) is 11.3 Å². The van der Waals surface area contributed by atoms with Crippen LogP contribution in [-0.2, 0) is 30.8 Å². The van der Waals surface area contributed by atoms with Crippen molar-refractivity contribution in [1.82, 2.24) is 4.98 Å². The number of para-hydroxylation sites is 1. The molecule has 2 saturated carbocycles.